The molecule has 1 saturated heterocycles. The molecule has 0 unspecified atom stereocenters. The SMILES string of the molecule is C1CO1.CCc1ccccc1O.c1ccccc1. The Bertz CT molecular complexity index is 381. The van der Waals surface area contributed by atoms with Gasteiger partial charge in [0.25, 0.3) is 0 Å². The second kappa shape index (κ2) is 9.25. The van der Waals surface area contributed by atoms with Gasteiger partial charge in [0.15, 0.2) is 0 Å². The average molecular weight is 244 g/mol. The van der Waals surface area contributed by atoms with Crippen LogP contribution in [0, 0.1) is 0 Å². The third-order valence-electron chi connectivity index (χ3n) is 2.24. The molecule has 18 heavy (non-hydrogen) atoms. The Morgan fingerprint density at radius 1 is 0.889 bits per heavy atom. The van der Waals surface area contributed by atoms with Gasteiger partial charge >= 0.3 is 0 Å². The summed E-state index contributed by atoms with van der Waals surface area (Å²) in [5.74, 6) is 0.403. The fourth-order valence-corrected chi connectivity index (χ4v) is 1.19. The van der Waals surface area contributed by atoms with Gasteiger partial charge in [0, 0.05) is 0 Å². The number of rotatable bonds is 1. The van der Waals surface area contributed by atoms with Gasteiger partial charge in [0.05, 0.1) is 13.2 Å². The second-order valence-electron chi connectivity index (χ2n) is 3.75. The van der Waals surface area contributed by atoms with Crippen molar-refractivity contribution in [3.8, 4) is 5.75 Å². The molecule has 0 saturated carbocycles. The number of aryl methyl sites for hydroxylation is 1. The molecule has 0 aromatic heterocycles. The van der Waals surface area contributed by atoms with Crippen molar-refractivity contribution >= 4 is 0 Å². The second-order valence-corrected chi connectivity index (χ2v) is 3.75. The zero-order chi connectivity index (χ0) is 13.1. The number of phenols is 1. The molecule has 1 N–H and O–H groups in total. The number of hydrogen-bond acceptors (Lipinski definition) is 2. The molecule has 0 atom stereocenters. The van der Waals surface area contributed by atoms with E-state index in [9.17, 15) is 0 Å². The van der Waals surface area contributed by atoms with E-state index in [1.54, 1.807) is 6.07 Å². The Morgan fingerprint density at radius 3 is 1.61 bits per heavy atom. The third-order valence-corrected chi connectivity index (χ3v) is 2.24. The van der Waals surface area contributed by atoms with Crippen LogP contribution in [-0.4, -0.2) is 18.3 Å². The van der Waals surface area contributed by atoms with Gasteiger partial charge in [-0.15, -0.1) is 0 Å². The highest BCUT2D eigenvalue weighted by Gasteiger charge is 1.94. The van der Waals surface area contributed by atoms with Gasteiger partial charge in [-0.2, -0.15) is 0 Å². The fraction of sp³-hybridized carbons (Fsp3) is 0.250. The van der Waals surface area contributed by atoms with Crippen molar-refractivity contribution in [2.75, 3.05) is 13.2 Å². The number of epoxide rings is 1. The molecule has 3 rings (SSSR count). The van der Waals surface area contributed by atoms with Crippen LogP contribution in [0.3, 0.4) is 0 Å². The highest BCUT2D eigenvalue weighted by Crippen LogP contribution is 2.14. The minimum Gasteiger partial charge on any atom is -0.508 e. The maximum Gasteiger partial charge on any atom is 0.118 e. The third kappa shape index (κ3) is 7.47. The van der Waals surface area contributed by atoms with Crippen molar-refractivity contribution in [3.63, 3.8) is 0 Å². The topological polar surface area (TPSA) is 32.8 Å². The molecule has 0 bridgehead atoms. The standard InChI is InChI=1S/C8H10O.C6H6.C2H4O/c1-2-7-5-3-4-6-8(7)9;1-2-4-6-5-3-1;1-2-3-1/h3-6,9H,2H2,1H3;1-6H;1-2H2. The smallest absolute Gasteiger partial charge is 0.118 e. The zero-order valence-electron chi connectivity index (χ0n) is 10.8. The average Bonchev–Trinajstić information content (AvgIpc) is 3.30. The predicted octanol–water partition coefficient (Wildman–Crippen LogP) is 3.66. The minimum atomic E-state index is 0.403. The Labute approximate surface area is 109 Å². The summed E-state index contributed by atoms with van der Waals surface area (Å²) in [6.07, 6.45) is 0.896. The molecule has 2 aromatic carbocycles. The molecule has 2 nitrogen and oxygen atoms in total. The van der Waals surface area contributed by atoms with Crippen LogP contribution in [0.4, 0.5) is 0 Å². The van der Waals surface area contributed by atoms with E-state index in [1.165, 1.54) is 0 Å². The number of ether oxygens (including phenoxy) is 1. The van der Waals surface area contributed by atoms with Gasteiger partial charge in [0.1, 0.15) is 5.75 Å². The Hall–Kier alpha value is -1.80. The van der Waals surface area contributed by atoms with Crippen molar-refractivity contribution in [1.29, 1.82) is 0 Å². The van der Waals surface area contributed by atoms with Gasteiger partial charge in [0.2, 0.25) is 0 Å². The Balaban J connectivity index is 0.000000153. The van der Waals surface area contributed by atoms with Crippen molar-refractivity contribution in [2.45, 2.75) is 13.3 Å². The van der Waals surface area contributed by atoms with E-state index in [1.807, 2.05) is 61.5 Å². The van der Waals surface area contributed by atoms with Gasteiger partial charge in [-0.3, -0.25) is 0 Å². The lowest BCUT2D eigenvalue weighted by molar-refractivity contribution is 0.469. The summed E-state index contributed by atoms with van der Waals surface area (Å²) >= 11 is 0. The van der Waals surface area contributed by atoms with Crippen molar-refractivity contribution in [3.05, 3.63) is 66.2 Å². The minimum absolute atomic E-state index is 0.403. The van der Waals surface area contributed by atoms with Crippen LogP contribution >= 0.6 is 0 Å². The number of phenolic OH excluding ortho intramolecular Hbond substituents is 1. The number of hydrogen-bond donors (Lipinski definition) is 1. The fourth-order valence-electron chi connectivity index (χ4n) is 1.19. The molecule has 96 valence electrons. The molecule has 0 aliphatic carbocycles. The molecule has 1 aliphatic heterocycles. The van der Waals surface area contributed by atoms with Crippen LogP contribution in [0.15, 0.2) is 60.7 Å². The van der Waals surface area contributed by atoms with Crippen LogP contribution in [0.5, 0.6) is 5.75 Å². The normalized spacial score (nSPS) is 11.4. The summed E-state index contributed by atoms with van der Waals surface area (Å²) in [5.41, 5.74) is 1.01. The van der Waals surface area contributed by atoms with Crippen LogP contribution in [0.2, 0.25) is 0 Å². The first kappa shape index (κ1) is 14.3. The maximum atomic E-state index is 9.11. The molecule has 0 radical (unpaired) electrons. The van der Waals surface area contributed by atoms with Gasteiger partial charge < -0.3 is 9.84 Å². The zero-order valence-corrected chi connectivity index (χ0v) is 10.8. The lowest BCUT2D eigenvalue weighted by Crippen LogP contribution is -1.77. The molecule has 1 aliphatic rings. The first-order valence-corrected chi connectivity index (χ1v) is 6.19. The Morgan fingerprint density at radius 2 is 1.33 bits per heavy atom. The Kier molecular flexibility index (Phi) is 7.33. The van der Waals surface area contributed by atoms with E-state index >= 15 is 0 Å². The van der Waals surface area contributed by atoms with E-state index in [2.05, 4.69) is 4.74 Å². The summed E-state index contributed by atoms with van der Waals surface area (Å²) in [6, 6.07) is 19.4. The molecule has 2 heteroatoms. The largest absolute Gasteiger partial charge is 0.508 e. The summed E-state index contributed by atoms with van der Waals surface area (Å²) < 4.78 is 4.50. The first-order valence-electron chi connectivity index (χ1n) is 6.19. The molecule has 0 spiro atoms. The van der Waals surface area contributed by atoms with Gasteiger partial charge in [-0.25, -0.2) is 0 Å². The van der Waals surface area contributed by atoms with Crippen LogP contribution in [-0.2, 0) is 11.2 Å². The predicted molar refractivity (Wildman–Crippen MR) is 74.7 cm³/mol. The summed E-state index contributed by atoms with van der Waals surface area (Å²) in [6.45, 7) is 4.02. The molecular weight excluding hydrogens is 224 g/mol. The van der Waals surface area contributed by atoms with Crippen LogP contribution in [0.1, 0.15) is 12.5 Å². The van der Waals surface area contributed by atoms with E-state index in [0.29, 0.717) is 5.75 Å². The molecular formula is C16H20O2. The van der Waals surface area contributed by atoms with E-state index in [-0.39, 0.29) is 0 Å². The monoisotopic (exact) mass is 244 g/mol. The number of para-hydroxylation sites is 1. The molecule has 1 heterocycles. The van der Waals surface area contributed by atoms with Crippen LogP contribution in [0.25, 0.3) is 0 Å². The quantitative estimate of drug-likeness (QED) is 0.776. The lowest BCUT2D eigenvalue weighted by atomic mass is 10.1. The summed E-state index contributed by atoms with van der Waals surface area (Å²) in [7, 11) is 0. The molecule has 0 amide bonds. The summed E-state index contributed by atoms with van der Waals surface area (Å²) in [5, 5.41) is 9.11. The number of benzene rings is 2. The maximum absolute atomic E-state index is 9.11. The van der Waals surface area contributed by atoms with E-state index in [0.717, 1.165) is 25.2 Å². The van der Waals surface area contributed by atoms with Gasteiger partial charge in [-0.05, 0) is 18.1 Å². The van der Waals surface area contributed by atoms with Crippen molar-refractivity contribution in [1.82, 2.24) is 0 Å². The van der Waals surface area contributed by atoms with E-state index in [4.69, 9.17) is 5.11 Å². The number of aromatic hydroxyl groups is 1. The first-order chi connectivity index (χ1) is 8.84. The summed E-state index contributed by atoms with van der Waals surface area (Å²) in [4.78, 5) is 0. The molecule has 1 fully saturated rings. The lowest BCUT2D eigenvalue weighted by Gasteiger charge is -1.97. The highest BCUT2D eigenvalue weighted by atomic mass is 16.6. The van der Waals surface area contributed by atoms with Gasteiger partial charge in [-0.1, -0.05) is 61.5 Å². The van der Waals surface area contributed by atoms with Crippen LogP contribution < -0.4 is 0 Å². The van der Waals surface area contributed by atoms with Crippen molar-refractivity contribution < 1.29 is 9.84 Å². The highest BCUT2D eigenvalue weighted by molar-refractivity contribution is 5.31. The molecule has 2 aromatic rings. The van der Waals surface area contributed by atoms with Crippen molar-refractivity contribution in [2.24, 2.45) is 0 Å². The van der Waals surface area contributed by atoms with E-state index < -0.39 is 0 Å².